The minimum absolute atomic E-state index is 0.0431. The Kier molecular flexibility index (Phi) is 9.95. The van der Waals surface area contributed by atoms with E-state index in [4.69, 9.17) is 0 Å². The summed E-state index contributed by atoms with van der Waals surface area (Å²) in [5.41, 5.74) is 3.91. The van der Waals surface area contributed by atoms with Gasteiger partial charge in [-0.1, -0.05) is 43.7 Å². The van der Waals surface area contributed by atoms with Crippen LogP contribution in [-0.4, -0.2) is 36.5 Å². The SMILES string of the molecule is CCCCSCCCNC(=O)Cc1ccc(NC(=O)N2CCCCc3ccccc32)cc1. The summed E-state index contributed by atoms with van der Waals surface area (Å²) in [6, 6.07) is 15.6. The van der Waals surface area contributed by atoms with E-state index in [-0.39, 0.29) is 11.9 Å². The maximum Gasteiger partial charge on any atom is 0.326 e. The van der Waals surface area contributed by atoms with Gasteiger partial charge in [0, 0.05) is 24.5 Å². The Morgan fingerprint density at radius 3 is 2.59 bits per heavy atom. The first-order valence-electron chi connectivity index (χ1n) is 11.8. The van der Waals surface area contributed by atoms with Crippen molar-refractivity contribution in [3.05, 3.63) is 59.7 Å². The third-order valence-electron chi connectivity index (χ3n) is 5.61. The Morgan fingerprint density at radius 1 is 1.00 bits per heavy atom. The lowest BCUT2D eigenvalue weighted by Gasteiger charge is -2.23. The van der Waals surface area contributed by atoms with Gasteiger partial charge in [-0.3, -0.25) is 9.69 Å². The lowest BCUT2D eigenvalue weighted by atomic mass is 10.1. The number of fused-ring (bicyclic) bond motifs is 1. The Hall–Kier alpha value is -2.47. The van der Waals surface area contributed by atoms with E-state index in [1.54, 1.807) is 0 Å². The van der Waals surface area contributed by atoms with Crippen molar-refractivity contribution in [1.29, 1.82) is 0 Å². The highest BCUT2D eigenvalue weighted by molar-refractivity contribution is 7.99. The molecule has 0 saturated carbocycles. The number of amides is 3. The topological polar surface area (TPSA) is 61.4 Å². The van der Waals surface area contributed by atoms with Crippen LogP contribution in [0.3, 0.4) is 0 Å². The van der Waals surface area contributed by atoms with Gasteiger partial charge in [-0.2, -0.15) is 11.8 Å². The molecule has 0 fully saturated rings. The highest BCUT2D eigenvalue weighted by Crippen LogP contribution is 2.26. The van der Waals surface area contributed by atoms with Gasteiger partial charge in [0.25, 0.3) is 0 Å². The van der Waals surface area contributed by atoms with Crippen LogP contribution >= 0.6 is 11.8 Å². The van der Waals surface area contributed by atoms with E-state index in [9.17, 15) is 9.59 Å². The van der Waals surface area contributed by atoms with Gasteiger partial charge in [0.2, 0.25) is 5.91 Å². The fourth-order valence-corrected chi connectivity index (χ4v) is 4.84. The number of thioether (sulfide) groups is 1. The van der Waals surface area contributed by atoms with Gasteiger partial charge in [0.15, 0.2) is 0 Å². The van der Waals surface area contributed by atoms with E-state index in [0.717, 1.165) is 61.5 Å². The van der Waals surface area contributed by atoms with E-state index in [0.29, 0.717) is 6.42 Å². The van der Waals surface area contributed by atoms with Crippen LogP contribution < -0.4 is 15.5 Å². The summed E-state index contributed by atoms with van der Waals surface area (Å²) in [7, 11) is 0. The smallest absolute Gasteiger partial charge is 0.326 e. The summed E-state index contributed by atoms with van der Waals surface area (Å²) >= 11 is 1.96. The quantitative estimate of drug-likeness (QED) is 0.458. The van der Waals surface area contributed by atoms with Crippen molar-refractivity contribution in [1.82, 2.24) is 5.32 Å². The number of benzene rings is 2. The number of carbonyl (C=O) groups excluding carboxylic acids is 2. The molecule has 2 aromatic rings. The van der Waals surface area contributed by atoms with Crippen molar-refractivity contribution >= 4 is 35.1 Å². The molecule has 0 aromatic heterocycles. The molecule has 0 unspecified atom stereocenters. The second-order valence-electron chi connectivity index (χ2n) is 8.21. The van der Waals surface area contributed by atoms with Crippen LogP contribution in [0.5, 0.6) is 0 Å². The Bertz CT molecular complexity index is 870. The maximum absolute atomic E-state index is 12.9. The Labute approximate surface area is 196 Å². The zero-order valence-corrected chi connectivity index (χ0v) is 19.9. The second-order valence-corrected chi connectivity index (χ2v) is 9.44. The van der Waals surface area contributed by atoms with Crippen LogP contribution in [0.4, 0.5) is 16.2 Å². The molecule has 1 aliphatic rings. The summed E-state index contributed by atoms with van der Waals surface area (Å²) in [5.74, 6) is 2.34. The van der Waals surface area contributed by atoms with Gasteiger partial charge in [0.1, 0.15) is 0 Å². The van der Waals surface area contributed by atoms with Gasteiger partial charge < -0.3 is 10.6 Å². The predicted octanol–water partition coefficient (Wildman–Crippen LogP) is 5.64. The maximum atomic E-state index is 12.9. The lowest BCUT2D eigenvalue weighted by Crippen LogP contribution is -2.35. The zero-order valence-electron chi connectivity index (χ0n) is 19.1. The summed E-state index contributed by atoms with van der Waals surface area (Å²) in [4.78, 5) is 26.9. The number of anilines is 2. The largest absolute Gasteiger partial charge is 0.356 e. The number of rotatable bonds is 10. The molecular weight excluding hydrogens is 418 g/mol. The number of para-hydroxylation sites is 1. The monoisotopic (exact) mass is 453 g/mol. The van der Waals surface area contributed by atoms with Crippen molar-refractivity contribution < 1.29 is 9.59 Å². The molecule has 1 aliphatic heterocycles. The van der Waals surface area contributed by atoms with Crippen LogP contribution in [-0.2, 0) is 17.6 Å². The zero-order chi connectivity index (χ0) is 22.6. The number of nitrogens with zero attached hydrogens (tertiary/aromatic N) is 1. The molecule has 1 heterocycles. The minimum atomic E-state index is -0.110. The highest BCUT2D eigenvalue weighted by atomic mass is 32.2. The number of nitrogens with one attached hydrogen (secondary N) is 2. The molecular formula is C26H35N3O2S. The molecule has 0 radical (unpaired) electrons. The average molecular weight is 454 g/mol. The number of hydrogen-bond donors (Lipinski definition) is 2. The molecule has 3 amide bonds. The molecule has 5 nitrogen and oxygen atoms in total. The summed E-state index contributed by atoms with van der Waals surface area (Å²) in [5, 5.41) is 6.01. The molecule has 0 aliphatic carbocycles. The average Bonchev–Trinajstić information content (AvgIpc) is 3.02. The van der Waals surface area contributed by atoms with Crippen LogP contribution in [0.15, 0.2) is 48.5 Å². The molecule has 2 N–H and O–H groups in total. The van der Waals surface area contributed by atoms with E-state index >= 15 is 0 Å². The molecule has 0 spiro atoms. The van der Waals surface area contributed by atoms with E-state index < -0.39 is 0 Å². The molecule has 2 aromatic carbocycles. The Morgan fingerprint density at radius 2 is 1.78 bits per heavy atom. The number of urea groups is 1. The second kappa shape index (κ2) is 13.2. The van der Waals surface area contributed by atoms with E-state index in [2.05, 4.69) is 23.6 Å². The number of aryl methyl sites for hydroxylation is 1. The third kappa shape index (κ3) is 7.59. The fourth-order valence-electron chi connectivity index (χ4n) is 3.80. The molecule has 0 atom stereocenters. The first-order chi connectivity index (χ1) is 15.7. The number of carbonyl (C=O) groups is 2. The van der Waals surface area contributed by atoms with Crippen LogP contribution in [0.2, 0.25) is 0 Å². The first kappa shape index (κ1) is 24.2. The van der Waals surface area contributed by atoms with Gasteiger partial charge in [-0.15, -0.1) is 0 Å². The van der Waals surface area contributed by atoms with Crippen molar-refractivity contribution in [2.75, 3.05) is 34.8 Å². The first-order valence-corrected chi connectivity index (χ1v) is 12.9. The molecule has 6 heteroatoms. The number of unbranched alkanes of at least 4 members (excludes halogenated alkanes) is 1. The summed E-state index contributed by atoms with van der Waals surface area (Å²) < 4.78 is 0. The van der Waals surface area contributed by atoms with Gasteiger partial charge in [-0.05, 0) is 72.9 Å². The van der Waals surface area contributed by atoms with Crippen molar-refractivity contribution in [2.24, 2.45) is 0 Å². The van der Waals surface area contributed by atoms with Crippen molar-refractivity contribution in [3.8, 4) is 0 Å². The number of hydrogen-bond acceptors (Lipinski definition) is 3. The molecule has 0 saturated heterocycles. The molecule has 0 bridgehead atoms. The van der Waals surface area contributed by atoms with E-state index in [1.165, 1.54) is 24.2 Å². The van der Waals surface area contributed by atoms with Crippen LogP contribution in [0.1, 0.15) is 50.2 Å². The highest BCUT2D eigenvalue weighted by Gasteiger charge is 2.20. The summed E-state index contributed by atoms with van der Waals surface area (Å²) in [6.07, 6.45) is 6.95. The third-order valence-corrected chi connectivity index (χ3v) is 6.76. The molecule has 3 rings (SSSR count). The van der Waals surface area contributed by atoms with Gasteiger partial charge in [0.05, 0.1) is 6.42 Å². The lowest BCUT2D eigenvalue weighted by molar-refractivity contribution is -0.120. The van der Waals surface area contributed by atoms with E-state index in [1.807, 2.05) is 59.1 Å². The van der Waals surface area contributed by atoms with Crippen LogP contribution in [0, 0.1) is 0 Å². The van der Waals surface area contributed by atoms with Gasteiger partial charge in [-0.25, -0.2) is 4.79 Å². The predicted molar refractivity (Wildman–Crippen MR) is 136 cm³/mol. The fraction of sp³-hybridized carbons (Fsp3) is 0.462. The standard InChI is InChI=1S/C26H35N3O2S/c1-2-3-18-32-19-8-16-27-25(30)20-21-12-14-23(15-13-21)28-26(31)29-17-7-6-10-22-9-4-5-11-24(22)29/h4-5,9,11-15H,2-3,6-8,10,16-20H2,1H3,(H,27,30)(H,28,31). The van der Waals surface area contributed by atoms with Crippen molar-refractivity contribution in [3.63, 3.8) is 0 Å². The van der Waals surface area contributed by atoms with Crippen molar-refractivity contribution in [2.45, 2.75) is 51.9 Å². The normalized spacial score (nSPS) is 13.2. The van der Waals surface area contributed by atoms with Gasteiger partial charge >= 0.3 is 6.03 Å². The summed E-state index contributed by atoms with van der Waals surface area (Å²) in [6.45, 7) is 3.65. The van der Waals surface area contributed by atoms with Crippen LogP contribution in [0.25, 0.3) is 0 Å². The molecule has 32 heavy (non-hydrogen) atoms. The molecule has 172 valence electrons. The Balaban J connectivity index is 1.44. The minimum Gasteiger partial charge on any atom is -0.356 e.